The number of benzene rings is 1. The molecule has 6 heteroatoms. The predicted molar refractivity (Wildman–Crippen MR) is 107 cm³/mol. The Morgan fingerprint density at radius 3 is 2.52 bits per heavy atom. The molecule has 0 spiro atoms. The molecule has 0 amide bonds. The van der Waals surface area contributed by atoms with Crippen molar-refractivity contribution in [2.75, 3.05) is 7.11 Å². The average Bonchev–Trinajstić information content (AvgIpc) is 2.64. The molecule has 2 rings (SSSR count). The van der Waals surface area contributed by atoms with E-state index in [1.807, 2.05) is 0 Å². The minimum absolute atomic E-state index is 0.121. The lowest BCUT2D eigenvalue weighted by molar-refractivity contribution is -0.134. The zero-order chi connectivity index (χ0) is 21.8. The van der Waals surface area contributed by atoms with Gasteiger partial charge < -0.3 is 9.84 Å². The van der Waals surface area contributed by atoms with Gasteiger partial charge in [-0.2, -0.15) is 0 Å². The Labute approximate surface area is 168 Å². The molecular formula is C23H24F2O4. The molecule has 4 nitrogen and oxygen atoms in total. The highest BCUT2D eigenvalue weighted by Gasteiger charge is 2.47. The van der Waals surface area contributed by atoms with Crippen molar-refractivity contribution in [1.29, 1.82) is 0 Å². The molecule has 1 aromatic rings. The van der Waals surface area contributed by atoms with Crippen LogP contribution in [-0.2, 0) is 14.3 Å². The van der Waals surface area contributed by atoms with Crippen molar-refractivity contribution in [3.8, 4) is 0 Å². The third-order valence-electron chi connectivity index (χ3n) is 4.94. The van der Waals surface area contributed by atoms with E-state index in [1.54, 1.807) is 26.8 Å². The van der Waals surface area contributed by atoms with Gasteiger partial charge in [-0.05, 0) is 47.9 Å². The summed E-state index contributed by atoms with van der Waals surface area (Å²) in [5.74, 6) is -2.62. The summed E-state index contributed by atoms with van der Waals surface area (Å²) >= 11 is 0. The van der Waals surface area contributed by atoms with Crippen molar-refractivity contribution in [3.63, 3.8) is 0 Å². The highest BCUT2D eigenvalue weighted by Crippen LogP contribution is 2.45. The van der Waals surface area contributed by atoms with E-state index in [1.165, 1.54) is 43.6 Å². The summed E-state index contributed by atoms with van der Waals surface area (Å²) in [5, 5.41) is 11.5. The van der Waals surface area contributed by atoms with Crippen molar-refractivity contribution >= 4 is 17.8 Å². The van der Waals surface area contributed by atoms with Crippen LogP contribution in [0.25, 0.3) is 6.08 Å². The van der Waals surface area contributed by atoms with Crippen molar-refractivity contribution in [3.05, 3.63) is 76.9 Å². The van der Waals surface area contributed by atoms with Crippen LogP contribution in [0, 0.1) is 17.0 Å². The van der Waals surface area contributed by atoms with E-state index in [4.69, 9.17) is 0 Å². The highest BCUT2D eigenvalue weighted by molar-refractivity contribution is 5.94. The molecule has 0 aliphatic heterocycles. The molecule has 0 fully saturated rings. The minimum atomic E-state index is -1.53. The van der Waals surface area contributed by atoms with Crippen LogP contribution in [0.3, 0.4) is 0 Å². The molecule has 0 radical (unpaired) electrons. The molecule has 1 atom stereocenters. The third kappa shape index (κ3) is 5.15. The monoisotopic (exact) mass is 402 g/mol. The second-order valence-electron chi connectivity index (χ2n) is 7.64. The molecule has 1 aromatic carbocycles. The second kappa shape index (κ2) is 8.66. The number of rotatable bonds is 5. The molecule has 1 N–H and O–H groups in total. The highest BCUT2D eigenvalue weighted by atomic mass is 19.2. The van der Waals surface area contributed by atoms with Gasteiger partial charge in [0.1, 0.15) is 5.60 Å². The molecule has 0 bridgehead atoms. The van der Waals surface area contributed by atoms with Crippen LogP contribution in [0.1, 0.15) is 32.8 Å². The van der Waals surface area contributed by atoms with E-state index in [9.17, 15) is 23.5 Å². The van der Waals surface area contributed by atoms with Gasteiger partial charge in [-0.1, -0.05) is 38.1 Å². The summed E-state index contributed by atoms with van der Waals surface area (Å²) in [5.41, 5.74) is -1.11. The van der Waals surface area contributed by atoms with Gasteiger partial charge in [-0.15, -0.1) is 0 Å². The van der Waals surface area contributed by atoms with Crippen LogP contribution in [0.5, 0.6) is 0 Å². The first kappa shape index (κ1) is 22.4. The molecule has 0 aromatic heterocycles. The van der Waals surface area contributed by atoms with Crippen LogP contribution in [-0.4, -0.2) is 29.6 Å². The molecular weight excluding hydrogens is 378 g/mol. The Balaban J connectivity index is 2.44. The maximum Gasteiger partial charge on any atom is 0.330 e. The Kier molecular flexibility index (Phi) is 6.69. The number of hydrogen-bond acceptors (Lipinski definition) is 4. The fraction of sp³-hybridized carbons (Fsp3) is 0.304. The summed E-state index contributed by atoms with van der Waals surface area (Å²) in [7, 11) is 1.27. The summed E-state index contributed by atoms with van der Waals surface area (Å²) in [4.78, 5) is 23.6. The second-order valence-corrected chi connectivity index (χ2v) is 7.64. The van der Waals surface area contributed by atoms with Crippen molar-refractivity contribution in [1.82, 2.24) is 0 Å². The van der Waals surface area contributed by atoms with Gasteiger partial charge in [0.25, 0.3) is 0 Å². The van der Waals surface area contributed by atoms with Crippen molar-refractivity contribution in [2.24, 2.45) is 5.41 Å². The molecule has 0 heterocycles. The zero-order valence-corrected chi connectivity index (χ0v) is 16.8. The minimum Gasteiger partial charge on any atom is -0.466 e. The largest absolute Gasteiger partial charge is 0.466 e. The number of ether oxygens (including phenoxy) is 1. The van der Waals surface area contributed by atoms with Crippen molar-refractivity contribution < 1.29 is 28.2 Å². The number of allylic oxidation sites excluding steroid dienone is 3. The molecule has 154 valence electrons. The summed E-state index contributed by atoms with van der Waals surface area (Å²) in [6.07, 6.45) is 8.85. The predicted octanol–water partition coefficient (Wildman–Crippen LogP) is 4.31. The Bertz CT molecular complexity index is 938. The van der Waals surface area contributed by atoms with Crippen molar-refractivity contribution in [2.45, 2.75) is 32.8 Å². The fourth-order valence-electron chi connectivity index (χ4n) is 3.14. The Morgan fingerprint density at radius 1 is 1.21 bits per heavy atom. The quantitative estimate of drug-likeness (QED) is 0.453. The topological polar surface area (TPSA) is 63.6 Å². The van der Waals surface area contributed by atoms with E-state index < -0.39 is 28.6 Å². The normalized spacial score (nSPS) is 22.2. The van der Waals surface area contributed by atoms with E-state index in [-0.39, 0.29) is 12.2 Å². The first-order valence-electron chi connectivity index (χ1n) is 9.04. The lowest BCUT2D eigenvalue weighted by Crippen LogP contribution is -2.48. The standard InChI is InChI=1S/C23H24F2O4/c1-15(11-21(27)29-4)9-10-23(28)17(13-18(26)14-22(23,2)3)7-5-16-6-8-19(24)20(25)12-16/h5-13,28H,14H2,1-4H3/t23-/m1/s1. The molecule has 0 saturated carbocycles. The van der Waals surface area contributed by atoms with Crippen LogP contribution >= 0.6 is 0 Å². The number of ketones is 1. The van der Waals surface area contributed by atoms with Gasteiger partial charge in [0, 0.05) is 17.9 Å². The third-order valence-corrected chi connectivity index (χ3v) is 4.94. The zero-order valence-electron chi connectivity index (χ0n) is 16.8. The number of aliphatic hydroxyl groups is 1. The number of carbonyl (C=O) groups excluding carboxylic acids is 2. The number of esters is 1. The lowest BCUT2D eigenvalue weighted by atomic mass is 9.64. The maximum atomic E-state index is 13.4. The number of hydrogen-bond donors (Lipinski definition) is 1. The van der Waals surface area contributed by atoms with Crippen LogP contribution in [0.15, 0.2) is 59.7 Å². The van der Waals surface area contributed by atoms with Gasteiger partial charge in [0.2, 0.25) is 0 Å². The number of methoxy groups -OCH3 is 1. The van der Waals surface area contributed by atoms with E-state index in [2.05, 4.69) is 4.74 Å². The smallest absolute Gasteiger partial charge is 0.330 e. The fourth-order valence-corrected chi connectivity index (χ4v) is 3.14. The number of carbonyl (C=O) groups is 2. The summed E-state index contributed by atoms with van der Waals surface area (Å²) in [6, 6.07) is 3.43. The molecule has 0 saturated heterocycles. The van der Waals surface area contributed by atoms with E-state index >= 15 is 0 Å². The van der Waals surface area contributed by atoms with Crippen LogP contribution in [0.4, 0.5) is 8.78 Å². The van der Waals surface area contributed by atoms with Gasteiger partial charge in [0.05, 0.1) is 7.11 Å². The molecule has 1 aliphatic rings. The van der Waals surface area contributed by atoms with E-state index in [0.717, 1.165) is 12.1 Å². The Hall–Kier alpha value is -2.86. The van der Waals surface area contributed by atoms with Gasteiger partial charge in [0.15, 0.2) is 17.4 Å². The van der Waals surface area contributed by atoms with Gasteiger partial charge in [-0.25, -0.2) is 13.6 Å². The summed E-state index contributed by atoms with van der Waals surface area (Å²) < 4.78 is 31.1. The van der Waals surface area contributed by atoms with Crippen LogP contribution in [0.2, 0.25) is 0 Å². The molecule has 29 heavy (non-hydrogen) atoms. The first-order valence-corrected chi connectivity index (χ1v) is 9.04. The summed E-state index contributed by atoms with van der Waals surface area (Å²) in [6.45, 7) is 5.19. The van der Waals surface area contributed by atoms with Crippen LogP contribution < -0.4 is 0 Å². The maximum absolute atomic E-state index is 13.4. The SMILES string of the molecule is COC(=O)C=C(C)C=C[C@@]1(O)C(C=Cc2ccc(F)c(F)c2)=CC(=O)CC1(C)C. The lowest BCUT2D eigenvalue weighted by Gasteiger charge is -2.44. The number of halogens is 2. The van der Waals surface area contributed by atoms with Gasteiger partial charge >= 0.3 is 5.97 Å². The molecule has 1 aliphatic carbocycles. The van der Waals surface area contributed by atoms with E-state index in [0.29, 0.717) is 16.7 Å². The first-order chi connectivity index (χ1) is 13.5. The molecule has 0 unspecified atom stereocenters. The van der Waals surface area contributed by atoms with Gasteiger partial charge in [-0.3, -0.25) is 4.79 Å². The Morgan fingerprint density at radius 2 is 1.90 bits per heavy atom. The average molecular weight is 402 g/mol.